The molecule has 1 aliphatic heterocycles. The van der Waals surface area contributed by atoms with Crippen molar-refractivity contribution < 1.29 is 9.13 Å². The number of aryl methyl sites for hydroxylation is 1. The SMILES string of the molecule is CCOCC1CC(N2CCC(n3c(=O)[nH]c4cc(F)c(C)cc43)CC2)C1. The number of piperidine rings is 1. The zero-order valence-corrected chi connectivity index (χ0v) is 15.6. The minimum atomic E-state index is -0.271. The van der Waals surface area contributed by atoms with E-state index in [4.69, 9.17) is 4.74 Å². The van der Waals surface area contributed by atoms with Crippen LogP contribution in [0.4, 0.5) is 4.39 Å². The van der Waals surface area contributed by atoms with Crippen LogP contribution in [0.1, 0.15) is 44.2 Å². The maximum atomic E-state index is 13.8. The molecular formula is C20H28FN3O2. The van der Waals surface area contributed by atoms with Crippen molar-refractivity contribution in [1.29, 1.82) is 0 Å². The Labute approximate surface area is 153 Å². The van der Waals surface area contributed by atoms with E-state index in [1.54, 1.807) is 13.0 Å². The van der Waals surface area contributed by atoms with Gasteiger partial charge in [0.1, 0.15) is 5.82 Å². The van der Waals surface area contributed by atoms with E-state index in [1.807, 2.05) is 11.5 Å². The number of aromatic nitrogens is 2. The molecule has 0 amide bonds. The predicted molar refractivity (Wildman–Crippen MR) is 100 cm³/mol. The van der Waals surface area contributed by atoms with E-state index in [0.717, 1.165) is 44.7 Å². The highest BCUT2D eigenvalue weighted by atomic mass is 19.1. The first-order valence-electron chi connectivity index (χ1n) is 9.79. The summed E-state index contributed by atoms with van der Waals surface area (Å²) in [6.07, 6.45) is 4.40. The molecule has 0 atom stereocenters. The zero-order valence-electron chi connectivity index (χ0n) is 15.6. The molecule has 6 heteroatoms. The molecule has 0 unspecified atom stereocenters. The monoisotopic (exact) mass is 361 g/mol. The average Bonchev–Trinajstić information content (AvgIpc) is 2.89. The van der Waals surface area contributed by atoms with Gasteiger partial charge in [0, 0.05) is 38.4 Å². The largest absolute Gasteiger partial charge is 0.381 e. The topological polar surface area (TPSA) is 50.3 Å². The quantitative estimate of drug-likeness (QED) is 0.890. The van der Waals surface area contributed by atoms with Gasteiger partial charge in [-0.3, -0.25) is 4.57 Å². The minimum Gasteiger partial charge on any atom is -0.381 e. The van der Waals surface area contributed by atoms with E-state index in [1.165, 1.54) is 18.9 Å². The number of H-pyrrole nitrogens is 1. The van der Waals surface area contributed by atoms with Crippen molar-refractivity contribution >= 4 is 11.0 Å². The summed E-state index contributed by atoms with van der Waals surface area (Å²) in [6, 6.07) is 4.10. The molecule has 142 valence electrons. The van der Waals surface area contributed by atoms with E-state index >= 15 is 0 Å². The number of halogens is 1. The molecule has 0 radical (unpaired) electrons. The molecule has 2 heterocycles. The number of nitrogens with zero attached hydrogens (tertiary/aromatic N) is 2. The van der Waals surface area contributed by atoms with Crippen molar-refractivity contribution in [2.24, 2.45) is 5.92 Å². The molecule has 1 aliphatic carbocycles. The van der Waals surface area contributed by atoms with Crippen LogP contribution in [0.15, 0.2) is 16.9 Å². The molecular weight excluding hydrogens is 333 g/mol. The van der Waals surface area contributed by atoms with Crippen molar-refractivity contribution in [3.05, 3.63) is 34.0 Å². The average molecular weight is 361 g/mol. The second-order valence-corrected chi connectivity index (χ2v) is 7.84. The van der Waals surface area contributed by atoms with Crippen LogP contribution < -0.4 is 5.69 Å². The van der Waals surface area contributed by atoms with Crippen LogP contribution in [-0.2, 0) is 4.74 Å². The first kappa shape index (κ1) is 17.7. The van der Waals surface area contributed by atoms with Crippen molar-refractivity contribution in [2.75, 3.05) is 26.3 Å². The lowest BCUT2D eigenvalue weighted by Crippen LogP contribution is -2.49. The minimum absolute atomic E-state index is 0.121. The van der Waals surface area contributed by atoms with E-state index in [0.29, 0.717) is 23.0 Å². The van der Waals surface area contributed by atoms with Crippen LogP contribution in [0.3, 0.4) is 0 Å². The Morgan fingerprint density at radius 3 is 2.65 bits per heavy atom. The van der Waals surface area contributed by atoms with Gasteiger partial charge < -0.3 is 14.6 Å². The smallest absolute Gasteiger partial charge is 0.326 e. The number of imidazole rings is 1. The fourth-order valence-corrected chi connectivity index (χ4v) is 4.54. The second-order valence-electron chi connectivity index (χ2n) is 7.84. The Balaban J connectivity index is 1.41. The summed E-state index contributed by atoms with van der Waals surface area (Å²) in [5.41, 5.74) is 1.88. The van der Waals surface area contributed by atoms with Crippen LogP contribution >= 0.6 is 0 Å². The third-order valence-electron chi connectivity index (χ3n) is 6.15. The van der Waals surface area contributed by atoms with Crippen molar-refractivity contribution in [2.45, 2.75) is 51.6 Å². The van der Waals surface area contributed by atoms with Gasteiger partial charge in [-0.2, -0.15) is 0 Å². The fraction of sp³-hybridized carbons (Fsp3) is 0.650. The van der Waals surface area contributed by atoms with E-state index in [-0.39, 0.29) is 17.5 Å². The summed E-state index contributed by atoms with van der Waals surface area (Å²) in [4.78, 5) is 17.8. The predicted octanol–water partition coefficient (Wildman–Crippen LogP) is 3.23. The van der Waals surface area contributed by atoms with Crippen molar-refractivity contribution in [3.63, 3.8) is 0 Å². The number of fused-ring (bicyclic) bond motifs is 1. The third kappa shape index (κ3) is 3.21. The maximum absolute atomic E-state index is 13.8. The van der Waals surface area contributed by atoms with Crippen LogP contribution in [0.25, 0.3) is 11.0 Å². The third-order valence-corrected chi connectivity index (χ3v) is 6.15. The standard InChI is InChI=1S/C20H28FN3O2/c1-3-26-12-14-9-16(10-14)23-6-4-15(5-7-23)24-19-8-13(2)17(21)11-18(19)22-20(24)25/h8,11,14-16H,3-7,9-10,12H2,1-2H3,(H,22,25). The van der Waals surface area contributed by atoms with Gasteiger partial charge in [0.25, 0.3) is 0 Å². The molecule has 0 spiro atoms. The first-order chi connectivity index (χ1) is 12.6. The highest BCUT2D eigenvalue weighted by Crippen LogP contribution is 2.35. The lowest BCUT2D eigenvalue weighted by molar-refractivity contribution is 0.00463. The highest BCUT2D eigenvalue weighted by molar-refractivity contribution is 5.76. The zero-order chi connectivity index (χ0) is 18.3. The maximum Gasteiger partial charge on any atom is 0.326 e. The molecule has 1 aromatic carbocycles. The van der Waals surface area contributed by atoms with E-state index in [2.05, 4.69) is 9.88 Å². The summed E-state index contributed by atoms with van der Waals surface area (Å²) in [5.74, 6) is 0.444. The van der Waals surface area contributed by atoms with Gasteiger partial charge in [0.2, 0.25) is 0 Å². The first-order valence-corrected chi connectivity index (χ1v) is 9.79. The summed E-state index contributed by atoms with van der Waals surface area (Å²) in [7, 11) is 0. The molecule has 1 saturated carbocycles. The van der Waals surface area contributed by atoms with E-state index < -0.39 is 0 Å². The normalized spacial score (nSPS) is 24.9. The number of ether oxygens (including phenoxy) is 1. The second kappa shape index (κ2) is 7.16. The molecule has 4 rings (SSSR count). The Kier molecular flexibility index (Phi) is 4.88. The number of aromatic amines is 1. The number of benzene rings is 1. The number of nitrogens with one attached hydrogen (secondary N) is 1. The number of likely N-dealkylation sites (tertiary alicyclic amines) is 1. The summed E-state index contributed by atoms with van der Waals surface area (Å²) in [6.45, 7) is 7.53. The molecule has 26 heavy (non-hydrogen) atoms. The van der Waals surface area contributed by atoms with Gasteiger partial charge in [0.15, 0.2) is 0 Å². The van der Waals surface area contributed by atoms with Gasteiger partial charge in [-0.05, 0) is 63.1 Å². The Morgan fingerprint density at radius 1 is 1.23 bits per heavy atom. The Morgan fingerprint density at radius 2 is 1.96 bits per heavy atom. The van der Waals surface area contributed by atoms with Crippen LogP contribution in [-0.4, -0.2) is 46.8 Å². The Bertz CT molecular complexity index is 829. The van der Waals surface area contributed by atoms with Gasteiger partial charge >= 0.3 is 5.69 Å². The van der Waals surface area contributed by atoms with Crippen molar-refractivity contribution in [1.82, 2.24) is 14.5 Å². The molecule has 0 bridgehead atoms. The molecule has 1 aromatic heterocycles. The fourth-order valence-electron chi connectivity index (χ4n) is 4.54. The molecule has 2 aliphatic rings. The summed E-state index contributed by atoms with van der Waals surface area (Å²) < 4.78 is 21.1. The highest BCUT2D eigenvalue weighted by Gasteiger charge is 2.35. The molecule has 2 fully saturated rings. The number of rotatable bonds is 5. The van der Waals surface area contributed by atoms with Crippen LogP contribution in [0.2, 0.25) is 0 Å². The molecule has 2 aromatic rings. The summed E-state index contributed by atoms with van der Waals surface area (Å²) >= 11 is 0. The van der Waals surface area contributed by atoms with Crippen LogP contribution in [0.5, 0.6) is 0 Å². The number of hydrogen-bond donors (Lipinski definition) is 1. The van der Waals surface area contributed by atoms with Gasteiger partial charge in [0.05, 0.1) is 11.0 Å². The lowest BCUT2D eigenvalue weighted by Gasteiger charge is -2.45. The van der Waals surface area contributed by atoms with Gasteiger partial charge in [-0.1, -0.05) is 0 Å². The van der Waals surface area contributed by atoms with E-state index in [9.17, 15) is 9.18 Å². The van der Waals surface area contributed by atoms with Gasteiger partial charge in [-0.15, -0.1) is 0 Å². The van der Waals surface area contributed by atoms with Crippen LogP contribution in [0, 0.1) is 18.7 Å². The van der Waals surface area contributed by atoms with Gasteiger partial charge in [-0.25, -0.2) is 9.18 Å². The lowest BCUT2D eigenvalue weighted by atomic mass is 9.79. The Hall–Kier alpha value is -1.66. The summed E-state index contributed by atoms with van der Waals surface area (Å²) in [5, 5.41) is 0. The molecule has 5 nitrogen and oxygen atoms in total. The number of hydrogen-bond acceptors (Lipinski definition) is 3. The molecule has 1 N–H and O–H groups in total. The van der Waals surface area contributed by atoms with Crippen molar-refractivity contribution in [3.8, 4) is 0 Å². The molecule has 1 saturated heterocycles.